The molecule has 3 heterocycles. The molecule has 3 rings (SSSR count). The second-order valence-electron chi connectivity index (χ2n) is 4.76. The van der Waals surface area contributed by atoms with Crippen molar-refractivity contribution < 1.29 is 0 Å². The number of anilines is 1. The van der Waals surface area contributed by atoms with Gasteiger partial charge in [-0.05, 0) is 19.1 Å². The van der Waals surface area contributed by atoms with Crippen molar-refractivity contribution in [1.29, 1.82) is 0 Å². The Morgan fingerprint density at radius 1 is 1.11 bits per heavy atom. The SMILES string of the molecule is Cc1[nH]nc2cnc(-c3cncc(N(C)C)c3)cc12. The molecule has 0 saturated carbocycles. The summed E-state index contributed by atoms with van der Waals surface area (Å²) in [7, 11) is 4.00. The number of rotatable bonds is 2. The van der Waals surface area contributed by atoms with Crippen molar-refractivity contribution in [2.45, 2.75) is 6.92 Å². The van der Waals surface area contributed by atoms with Crippen LogP contribution >= 0.6 is 0 Å². The Morgan fingerprint density at radius 3 is 2.74 bits per heavy atom. The molecule has 0 spiro atoms. The minimum atomic E-state index is 0.887. The molecule has 96 valence electrons. The zero-order valence-corrected chi connectivity index (χ0v) is 11.2. The van der Waals surface area contributed by atoms with Crippen molar-refractivity contribution in [3.8, 4) is 11.3 Å². The zero-order chi connectivity index (χ0) is 13.4. The molecule has 0 unspecified atom stereocenters. The van der Waals surface area contributed by atoms with Gasteiger partial charge < -0.3 is 4.90 Å². The summed E-state index contributed by atoms with van der Waals surface area (Å²) in [5, 5.41) is 8.26. The summed E-state index contributed by atoms with van der Waals surface area (Å²) < 4.78 is 0. The fraction of sp³-hybridized carbons (Fsp3) is 0.214. The monoisotopic (exact) mass is 253 g/mol. The number of aryl methyl sites for hydroxylation is 1. The van der Waals surface area contributed by atoms with Gasteiger partial charge in [0, 0.05) is 36.9 Å². The molecule has 0 atom stereocenters. The summed E-state index contributed by atoms with van der Waals surface area (Å²) in [4.78, 5) is 10.7. The first-order chi connectivity index (χ1) is 9.15. The van der Waals surface area contributed by atoms with Crippen molar-refractivity contribution in [2.24, 2.45) is 0 Å². The molecule has 0 saturated heterocycles. The Balaban J connectivity index is 2.13. The van der Waals surface area contributed by atoms with E-state index in [0.29, 0.717) is 0 Å². The normalized spacial score (nSPS) is 10.9. The van der Waals surface area contributed by atoms with Crippen LogP contribution in [-0.4, -0.2) is 34.3 Å². The highest BCUT2D eigenvalue weighted by Gasteiger charge is 2.07. The van der Waals surface area contributed by atoms with Crippen molar-refractivity contribution in [1.82, 2.24) is 20.2 Å². The molecule has 19 heavy (non-hydrogen) atoms. The number of hydrogen-bond acceptors (Lipinski definition) is 4. The molecule has 0 amide bonds. The summed E-state index contributed by atoms with van der Waals surface area (Å²) in [5.41, 5.74) is 4.92. The van der Waals surface area contributed by atoms with Crippen molar-refractivity contribution in [2.75, 3.05) is 19.0 Å². The Bertz CT molecular complexity index is 730. The van der Waals surface area contributed by atoms with Crippen LogP contribution < -0.4 is 4.90 Å². The van der Waals surface area contributed by atoms with Gasteiger partial charge in [0.25, 0.3) is 0 Å². The van der Waals surface area contributed by atoms with E-state index in [1.54, 1.807) is 6.20 Å². The minimum absolute atomic E-state index is 0.887. The first kappa shape index (κ1) is 11.6. The molecule has 0 aliphatic heterocycles. The van der Waals surface area contributed by atoms with Crippen molar-refractivity contribution in [3.63, 3.8) is 0 Å². The van der Waals surface area contributed by atoms with Crippen LogP contribution in [0, 0.1) is 6.92 Å². The number of aromatic amines is 1. The highest BCUT2D eigenvalue weighted by molar-refractivity contribution is 5.84. The molecule has 5 nitrogen and oxygen atoms in total. The van der Waals surface area contributed by atoms with Crippen LogP contribution in [0.15, 0.2) is 30.7 Å². The fourth-order valence-electron chi connectivity index (χ4n) is 2.01. The maximum absolute atomic E-state index is 4.45. The predicted molar refractivity (Wildman–Crippen MR) is 76.2 cm³/mol. The highest BCUT2D eigenvalue weighted by atomic mass is 15.1. The third kappa shape index (κ3) is 2.03. The van der Waals surface area contributed by atoms with Crippen LogP contribution in [0.1, 0.15) is 5.69 Å². The van der Waals surface area contributed by atoms with Crippen LogP contribution in [0.5, 0.6) is 0 Å². The average molecular weight is 253 g/mol. The molecule has 0 aromatic carbocycles. The quantitative estimate of drug-likeness (QED) is 0.762. The van der Waals surface area contributed by atoms with E-state index in [4.69, 9.17) is 0 Å². The second-order valence-corrected chi connectivity index (χ2v) is 4.76. The number of nitrogens with one attached hydrogen (secondary N) is 1. The third-order valence-electron chi connectivity index (χ3n) is 3.17. The summed E-state index contributed by atoms with van der Waals surface area (Å²) >= 11 is 0. The van der Waals surface area contributed by atoms with Gasteiger partial charge in [-0.2, -0.15) is 5.10 Å². The molecule has 0 aliphatic rings. The molecule has 0 aliphatic carbocycles. The van der Waals surface area contributed by atoms with E-state index in [-0.39, 0.29) is 0 Å². The standard InChI is InChI=1S/C14H15N5/c1-9-12-5-13(16-8-14(12)18-17-9)10-4-11(19(2)3)7-15-6-10/h4-8H,1-3H3,(H,17,18). The molecule has 1 N–H and O–H groups in total. The van der Waals surface area contributed by atoms with E-state index < -0.39 is 0 Å². The second kappa shape index (κ2) is 4.35. The summed E-state index contributed by atoms with van der Waals surface area (Å²) in [5.74, 6) is 0. The predicted octanol–water partition coefficient (Wildman–Crippen LogP) is 2.39. The number of nitrogens with zero attached hydrogens (tertiary/aromatic N) is 4. The third-order valence-corrected chi connectivity index (χ3v) is 3.17. The molecule has 0 fully saturated rings. The van der Waals surface area contributed by atoms with Gasteiger partial charge in [0.15, 0.2) is 0 Å². The van der Waals surface area contributed by atoms with Crippen LogP contribution in [0.3, 0.4) is 0 Å². The van der Waals surface area contributed by atoms with Crippen LogP contribution in [0.2, 0.25) is 0 Å². The zero-order valence-electron chi connectivity index (χ0n) is 11.2. The van der Waals surface area contributed by atoms with Gasteiger partial charge in [0.05, 0.1) is 23.8 Å². The van der Waals surface area contributed by atoms with E-state index in [9.17, 15) is 0 Å². The smallest absolute Gasteiger partial charge is 0.111 e. The number of pyridine rings is 2. The molecule has 5 heteroatoms. The Kier molecular flexibility index (Phi) is 2.67. The van der Waals surface area contributed by atoms with Gasteiger partial charge in [0.2, 0.25) is 0 Å². The molecule has 0 radical (unpaired) electrons. The van der Waals surface area contributed by atoms with Gasteiger partial charge in [-0.25, -0.2) is 0 Å². The van der Waals surface area contributed by atoms with E-state index in [1.807, 2.05) is 44.4 Å². The fourth-order valence-corrected chi connectivity index (χ4v) is 2.01. The maximum atomic E-state index is 4.45. The first-order valence-corrected chi connectivity index (χ1v) is 6.08. The van der Waals surface area contributed by atoms with E-state index in [1.165, 1.54) is 0 Å². The van der Waals surface area contributed by atoms with Crippen LogP contribution in [-0.2, 0) is 0 Å². The molecule has 3 aromatic rings. The number of H-pyrrole nitrogens is 1. The summed E-state index contributed by atoms with van der Waals surface area (Å²) in [6.45, 7) is 2.01. The summed E-state index contributed by atoms with van der Waals surface area (Å²) in [6.07, 6.45) is 5.46. The maximum Gasteiger partial charge on any atom is 0.111 e. The lowest BCUT2D eigenvalue weighted by atomic mass is 10.1. The average Bonchev–Trinajstić information content (AvgIpc) is 2.80. The Hall–Kier alpha value is -2.43. The first-order valence-electron chi connectivity index (χ1n) is 6.08. The minimum Gasteiger partial charge on any atom is -0.376 e. The number of aromatic nitrogens is 4. The lowest BCUT2D eigenvalue weighted by Gasteiger charge is -2.12. The molecule has 3 aromatic heterocycles. The van der Waals surface area contributed by atoms with Gasteiger partial charge >= 0.3 is 0 Å². The summed E-state index contributed by atoms with van der Waals surface area (Å²) in [6, 6.07) is 4.13. The van der Waals surface area contributed by atoms with Crippen LogP contribution in [0.25, 0.3) is 22.2 Å². The van der Waals surface area contributed by atoms with Crippen LogP contribution in [0.4, 0.5) is 5.69 Å². The number of hydrogen-bond donors (Lipinski definition) is 1. The lowest BCUT2D eigenvalue weighted by Crippen LogP contribution is -2.08. The van der Waals surface area contributed by atoms with Gasteiger partial charge in [0.1, 0.15) is 5.52 Å². The topological polar surface area (TPSA) is 57.7 Å². The van der Waals surface area contributed by atoms with E-state index in [2.05, 4.69) is 26.2 Å². The molecular weight excluding hydrogens is 238 g/mol. The van der Waals surface area contributed by atoms with Gasteiger partial charge in [-0.3, -0.25) is 15.1 Å². The largest absolute Gasteiger partial charge is 0.376 e. The Labute approximate surface area is 111 Å². The number of fused-ring (bicyclic) bond motifs is 1. The van der Waals surface area contributed by atoms with Crippen molar-refractivity contribution in [3.05, 3.63) is 36.4 Å². The lowest BCUT2D eigenvalue weighted by molar-refractivity contribution is 1.07. The van der Waals surface area contributed by atoms with E-state index >= 15 is 0 Å². The Morgan fingerprint density at radius 2 is 1.95 bits per heavy atom. The van der Waals surface area contributed by atoms with Crippen molar-refractivity contribution >= 4 is 16.6 Å². The molecular formula is C14H15N5. The van der Waals surface area contributed by atoms with Gasteiger partial charge in [-0.1, -0.05) is 0 Å². The highest BCUT2D eigenvalue weighted by Crippen LogP contribution is 2.24. The molecule has 0 bridgehead atoms. The van der Waals surface area contributed by atoms with Gasteiger partial charge in [-0.15, -0.1) is 0 Å². The van der Waals surface area contributed by atoms with E-state index in [0.717, 1.165) is 33.5 Å².